The van der Waals surface area contributed by atoms with Gasteiger partial charge in [0.15, 0.2) is 22.4 Å². The van der Waals surface area contributed by atoms with Crippen LogP contribution >= 0.6 is 0 Å². The van der Waals surface area contributed by atoms with E-state index in [0.29, 0.717) is 28.9 Å². The SMILES string of the molecule is CC.COc1cc2[nH]ccc(=O)c2cc1OC.O=c1cc[nH]c2cc(OCc3ccccc3)ccc12. The molecule has 2 aromatic heterocycles. The van der Waals surface area contributed by atoms with Crippen molar-refractivity contribution in [2.45, 2.75) is 20.5 Å². The summed E-state index contributed by atoms with van der Waals surface area (Å²) in [5, 5.41) is 1.27. The van der Waals surface area contributed by atoms with Crippen molar-refractivity contribution in [2.24, 2.45) is 0 Å². The number of rotatable bonds is 5. The second-order valence-corrected chi connectivity index (χ2v) is 7.42. The second-order valence-electron chi connectivity index (χ2n) is 7.42. The van der Waals surface area contributed by atoms with Crippen molar-refractivity contribution in [3.8, 4) is 17.2 Å². The highest BCUT2D eigenvalue weighted by Crippen LogP contribution is 2.29. The first-order valence-corrected chi connectivity index (χ1v) is 11.6. The third-order valence-corrected chi connectivity index (χ3v) is 5.24. The van der Waals surface area contributed by atoms with Gasteiger partial charge in [-0.05, 0) is 23.8 Å². The minimum absolute atomic E-state index is 0.0170. The quantitative estimate of drug-likeness (QED) is 0.333. The number of H-pyrrole nitrogens is 2. The Kier molecular flexibility index (Phi) is 9.28. The predicted octanol–water partition coefficient (Wildman–Crippen LogP) is 5.68. The number of ether oxygens (including phenoxy) is 3. The second kappa shape index (κ2) is 12.8. The van der Waals surface area contributed by atoms with E-state index in [-0.39, 0.29) is 10.9 Å². The van der Waals surface area contributed by atoms with Crippen LogP contribution in [0.5, 0.6) is 17.2 Å². The van der Waals surface area contributed by atoms with Gasteiger partial charge in [0, 0.05) is 47.4 Å². The molecule has 186 valence electrons. The molecule has 0 saturated carbocycles. The first-order chi connectivity index (χ1) is 17.6. The Labute approximate surface area is 209 Å². The van der Waals surface area contributed by atoms with Gasteiger partial charge in [0.2, 0.25) is 0 Å². The fourth-order valence-corrected chi connectivity index (χ4v) is 3.48. The van der Waals surface area contributed by atoms with E-state index in [4.69, 9.17) is 14.2 Å². The maximum absolute atomic E-state index is 11.6. The van der Waals surface area contributed by atoms with E-state index in [1.807, 2.05) is 56.3 Å². The van der Waals surface area contributed by atoms with Crippen molar-refractivity contribution < 1.29 is 14.2 Å². The third kappa shape index (κ3) is 6.33. The fraction of sp³-hybridized carbons (Fsp3) is 0.172. The zero-order valence-electron chi connectivity index (χ0n) is 20.8. The molecular formula is C29H30N2O5. The van der Waals surface area contributed by atoms with Crippen LogP contribution in [0.3, 0.4) is 0 Å². The maximum Gasteiger partial charge on any atom is 0.189 e. The number of pyridine rings is 2. The Hall–Kier alpha value is -4.52. The molecule has 0 fully saturated rings. The van der Waals surface area contributed by atoms with Gasteiger partial charge in [-0.1, -0.05) is 44.2 Å². The van der Waals surface area contributed by atoms with Crippen molar-refractivity contribution in [3.63, 3.8) is 0 Å². The van der Waals surface area contributed by atoms with Gasteiger partial charge in [0.05, 0.1) is 25.3 Å². The maximum atomic E-state index is 11.6. The molecule has 7 heteroatoms. The summed E-state index contributed by atoms with van der Waals surface area (Å²) in [6, 6.07) is 21.8. The summed E-state index contributed by atoms with van der Waals surface area (Å²) in [6.45, 7) is 4.52. The van der Waals surface area contributed by atoms with Gasteiger partial charge in [0.1, 0.15) is 12.4 Å². The molecule has 3 aromatic carbocycles. The predicted molar refractivity (Wildman–Crippen MR) is 144 cm³/mol. The van der Waals surface area contributed by atoms with E-state index in [1.54, 1.807) is 44.8 Å². The molecule has 0 radical (unpaired) electrons. The molecule has 2 N–H and O–H groups in total. The fourth-order valence-electron chi connectivity index (χ4n) is 3.48. The molecule has 0 aliphatic heterocycles. The molecular weight excluding hydrogens is 456 g/mol. The summed E-state index contributed by atoms with van der Waals surface area (Å²) in [5.41, 5.74) is 2.62. The lowest BCUT2D eigenvalue weighted by atomic mass is 10.2. The summed E-state index contributed by atoms with van der Waals surface area (Å²) in [5.74, 6) is 1.91. The Balaban J connectivity index is 0.000000193. The molecule has 36 heavy (non-hydrogen) atoms. The summed E-state index contributed by atoms with van der Waals surface area (Å²) >= 11 is 0. The largest absolute Gasteiger partial charge is 0.493 e. The number of benzene rings is 3. The number of aromatic nitrogens is 2. The molecule has 0 bridgehead atoms. The number of fused-ring (bicyclic) bond motifs is 2. The van der Waals surface area contributed by atoms with E-state index in [9.17, 15) is 9.59 Å². The molecule has 5 aromatic rings. The summed E-state index contributed by atoms with van der Waals surface area (Å²) in [4.78, 5) is 29.2. The zero-order valence-corrected chi connectivity index (χ0v) is 20.8. The summed E-state index contributed by atoms with van der Waals surface area (Å²) in [6.07, 6.45) is 3.25. The van der Waals surface area contributed by atoms with Crippen LogP contribution in [0.4, 0.5) is 0 Å². The van der Waals surface area contributed by atoms with Gasteiger partial charge < -0.3 is 24.2 Å². The molecule has 0 saturated heterocycles. The number of hydrogen-bond acceptors (Lipinski definition) is 5. The molecule has 5 rings (SSSR count). The average molecular weight is 487 g/mol. The van der Waals surface area contributed by atoms with Crippen molar-refractivity contribution in [3.05, 3.63) is 111 Å². The lowest BCUT2D eigenvalue weighted by molar-refractivity contribution is 0.306. The molecule has 0 spiro atoms. The van der Waals surface area contributed by atoms with E-state index in [0.717, 1.165) is 22.3 Å². The van der Waals surface area contributed by atoms with Crippen LogP contribution in [0.25, 0.3) is 21.8 Å². The summed E-state index contributed by atoms with van der Waals surface area (Å²) in [7, 11) is 3.10. The first-order valence-electron chi connectivity index (χ1n) is 11.6. The van der Waals surface area contributed by atoms with Crippen molar-refractivity contribution in [1.82, 2.24) is 9.97 Å². The van der Waals surface area contributed by atoms with Gasteiger partial charge >= 0.3 is 0 Å². The van der Waals surface area contributed by atoms with Gasteiger partial charge in [-0.15, -0.1) is 0 Å². The van der Waals surface area contributed by atoms with Crippen molar-refractivity contribution >= 4 is 21.8 Å². The zero-order chi connectivity index (χ0) is 25.9. The Morgan fingerprint density at radius 2 is 1.25 bits per heavy atom. The first kappa shape index (κ1) is 26.1. The van der Waals surface area contributed by atoms with Crippen molar-refractivity contribution in [2.75, 3.05) is 14.2 Å². The van der Waals surface area contributed by atoms with Crippen LogP contribution in [0.2, 0.25) is 0 Å². The van der Waals surface area contributed by atoms with E-state index in [1.165, 1.54) is 12.1 Å². The van der Waals surface area contributed by atoms with E-state index < -0.39 is 0 Å². The van der Waals surface area contributed by atoms with Crippen LogP contribution in [-0.2, 0) is 6.61 Å². The molecule has 0 aliphatic rings. The lowest BCUT2D eigenvalue weighted by Crippen LogP contribution is -2.01. The van der Waals surface area contributed by atoms with Crippen LogP contribution in [0.15, 0.2) is 94.8 Å². The smallest absolute Gasteiger partial charge is 0.189 e. The highest BCUT2D eigenvalue weighted by atomic mass is 16.5. The minimum atomic E-state index is -0.0373. The average Bonchev–Trinajstić information content (AvgIpc) is 2.93. The Bertz CT molecular complexity index is 1520. The van der Waals surface area contributed by atoms with Gasteiger partial charge in [-0.25, -0.2) is 0 Å². The van der Waals surface area contributed by atoms with Crippen molar-refractivity contribution in [1.29, 1.82) is 0 Å². The molecule has 0 atom stereocenters. The number of hydrogen-bond donors (Lipinski definition) is 2. The van der Waals surface area contributed by atoms with E-state index in [2.05, 4.69) is 9.97 Å². The Morgan fingerprint density at radius 1 is 0.667 bits per heavy atom. The standard InChI is InChI=1S/C16H13NO2.C11H11NO3.C2H6/c18-16-8-9-17-15-10-13(6-7-14(15)16)19-11-12-4-2-1-3-5-12;1-14-10-5-7-8(6-11(10)15-2)12-4-3-9(7)13;1-2/h1-10H,11H2,(H,17,18);3-6H,1-2H3,(H,12,13);1-2H3. The highest BCUT2D eigenvalue weighted by Gasteiger charge is 2.07. The van der Waals surface area contributed by atoms with E-state index >= 15 is 0 Å². The van der Waals surface area contributed by atoms with Gasteiger partial charge in [-0.2, -0.15) is 0 Å². The molecule has 7 nitrogen and oxygen atoms in total. The number of nitrogens with one attached hydrogen (secondary N) is 2. The number of aromatic amines is 2. The van der Waals surface area contributed by atoms with Crippen LogP contribution in [0.1, 0.15) is 19.4 Å². The number of methoxy groups -OCH3 is 2. The van der Waals surface area contributed by atoms with Crippen LogP contribution in [0, 0.1) is 0 Å². The molecule has 2 heterocycles. The topological polar surface area (TPSA) is 93.4 Å². The van der Waals surface area contributed by atoms with Gasteiger partial charge in [-0.3, -0.25) is 9.59 Å². The van der Waals surface area contributed by atoms with Crippen LogP contribution in [-0.4, -0.2) is 24.2 Å². The van der Waals surface area contributed by atoms with Crippen LogP contribution < -0.4 is 25.1 Å². The molecule has 0 unspecified atom stereocenters. The van der Waals surface area contributed by atoms with Gasteiger partial charge in [0.25, 0.3) is 0 Å². The lowest BCUT2D eigenvalue weighted by Gasteiger charge is -2.08. The molecule has 0 aliphatic carbocycles. The Morgan fingerprint density at radius 3 is 1.89 bits per heavy atom. The highest BCUT2D eigenvalue weighted by molar-refractivity contribution is 5.82. The normalized spacial score (nSPS) is 10.0. The molecule has 0 amide bonds. The monoisotopic (exact) mass is 486 g/mol. The third-order valence-electron chi connectivity index (χ3n) is 5.24. The summed E-state index contributed by atoms with van der Waals surface area (Å²) < 4.78 is 16.0. The minimum Gasteiger partial charge on any atom is -0.493 e.